The molecular formula is C30H39N5O6. The lowest BCUT2D eigenvalue weighted by molar-refractivity contribution is -0.142. The molecule has 11 nitrogen and oxygen atoms in total. The SMILES string of the molecule is CC(C)C(N)C(=O)NC(Cc1c[nH]c2ccccc12)C(=O)NC(C(=O)NC(Cc1ccc(O)cc1)C(=O)O)C(C)C. The number of nitrogens with two attached hydrogens (primary N) is 1. The molecule has 0 fully saturated rings. The molecule has 11 heteroatoms. The van der Waals surface area contributed by atoms with Gasteiger partial charge in [-0.1, -0.05) is 58.0 Å². The summed E-state index contributed by atoms with van der Waals surface area (Å²) in [6, 6.07) is 9.33. The number of carbonyl (C=O) groups excluding carboxylic acids is 3. The van der Waals surface area contributed by atoms with Crippen molar-refractivity contribution in [2.45, 2.75) is 64.7 Å². The number of phenolic OH excluding ortho intramolecular Hbond substituents is 1. The topological polar surface area (TPSA) is 187 Å². The molecule has 41 heavy (non-hydrogen) atoms. The van der Waals surface area contributed by atoms with Crippen molar-refractivity contribution < 1.29 is 29.4 Å². The van der Waals surface area contributed by atoms with Gasteiger partial charge in [-0.05, 0) is 41.2 Å². The van der Waals surface area contributed by atoms with Gasteiger partial charge in [-0.15, -0.1) is 0 Å². The van der Waals surface area contributed by atoms with Crippen molar-refractivity contribution in [1.82, 2.24) is 20.9 Å². The van der Waals surface area contributed by atoms with Gasteiger partial charge in [0.05, 0.1) is 6.04 Å². The van der Waals surface area contributed by atoms with Crippen LogP contribution in [0.1, 0.15) is 38.8 Å². The number of aromatic nitrogens is 1. The number of fused-ring (bicyclic) bond motifs is 1. The fourth-order valence-electron chi connectivity index (χ4n) is 4.42. The number of phenols is 1. The lowest BCUT2D eigenvalue weighted by Gasteiger charge is -2.27. The summed E-state index contributed by atoms with van der Waals surface area (Å²) < 4.78 is 0. The molecule has 3 amide bonds. The Balaban J connectivity index is 1.80. The van der Waals surface area contributed by atoms with E-state index in [4.69, 9.17) is 5.73 Å². The standard InChI is InChI=1S/C30H39N5O6/c1-16(2)25(31)28(38)33-23(14-19-15-32-22-8-6-5-7-21(19)22)27(37)35-26(17(3)4)29(39)34-24(30(40)41)13-18-9-11-20(36)12-10-18/h5-12,15-17,23-26,32,36H,13-14,31H2,1-4H3,(H,33,38)(H,34,39)(H,35,37)(H,40,41). The zero-order valence-electron chi connectivity index (χ0n) is 23.7. The van der Waals surface area contributed by atoms with Gasteiger partial charge < -0.3 is 36.9 Å². The highest BCUT2D eigenvalue weighted by Gasteiger charge is 2.32. The average Bonchev–Trinajstić information content (AvgIpc) is 3.33. The first-order valence-electron chi connectivity index (χ1n) is 13.6. The van der Waals surface area contributed by atoms with E-state index in [9.17, 15) is 29.4 Å². The van der Waals surface area contributed by atoms with Gasteiger partial charge in [0, 0.05) is 29.9 Å². The fraction of sp³-hybridized carbons (Fsp3) is 0.400. The lowest BCUT2D eigenvalue weighted by Crippen LogP contribution is -2.59. The molecule has 4 atom stereocenters. The van der Waals surface area contributed by atoms with E-state index in [0.29, 0.717) is 5.56 Å². The Morgan fingerprint density at radius 3 is 2.05 bits per heavy atom. The maximum atomic E-state index is 13.6. The molecule has 0 aliphatic heterocycles. The number of hydrogen-bond donors (Lipinski definition) is 7. The Morgan fingerprint density at radius 2 is 1.44 bits per heavy atom. The Bertz CT molecular complexity index is 1370. The van der Waals surface area contributed by atoms with Gasteiger partial charge >= 0.3 is 5.97 Å². The predicted octanol–water partition coefficient (Wildman–Crippen LogP) is 1.84. The highest BCUT2D eigenvalue weighted by molar-refractivity contribution is 5.95. The minimum absolute atomic E-state index is 0.0214. The molecule has 4 unspecified atom stereocenters. The van der Waals surface area contributed by atoms with Crippen LogP contribution in [0.2, 0.25) is 0 Å². The maximum absolute atomic E-state index is 13.6. The van der Waals surface area contributed by atoms with E-state index in [0.717, 1.165) is 16.5 Å². The summed E-state index contributed by atoms with van der Waals surface area (Å²) in [6.07, 6.45) is 1.89. The number of H-pyrrole nitrogens is 1. The number of amides is 3. The predicted molar refractivity (Wildman–Crippen MR) is 155 cm³/mol. The molecule has 0 saturated heterocycles. The Labute approximate surface area is 238 Å². The van der Waals surface area contributed by atoms with E-state index < -0.39 is 53.8 Å². The van der Waals surface area contributed by atoms with E-state index in [1.165, 1.54) is 12.1 Å². The summed E-state index contributed by atoms with van der Waals surface area (Å²) >= 11 is 0. The number of carbonyl (C=O) groups is 4. The van der Waals surface area contributed by atoms with Crippen LogP contribution in [0.4, 0.5) is 0 Å². The van der Waals surface area contributed by atoms with Crippen molar-refractivity contribution in [3.05, 3.63) is 65.9 Å². The molecule has 0 aliphatic carbocycles. The van der Waals surface area contributed by atoms with Crippen molar-refractivity contribution in [3.63, 3.8) is 0 Å². The number of benzene rings is 2. The van der Waals surface area contributed by atoms with E-state index in [1.807, 2.05) is 24.3 Å². The molecule has 0 spiro atoms. The first-order chi connectivity index (χ1) is 19.4. The lowest BCUT2D eigenvalue weighted by atomic mass is 9.99. The fourth-order valence-corrected chi connectivity index (χ4v) is 4.42. The van der Waals surface area contributed by atoms with Gasteiger partial charge in [0.15, 0.2) is 0 Å². The zero-order chi connectivity index (χ0) is 30.3. The van der Waals surface area contributed by atoms with Crippen LogP contribution in [-0.2, 0) is 32.0 Å². The number of aliphatic carboxylic acids is 1. The molecule has 0 aliphatic rings. The highest BCUT2D eigenvalue weighted by Crippen LogP contribution is 2.20. The van der Waals surface area contributed by atoms with Gasteiger partial charge in [0.2, 0.25) is 17.7 Å². The third-order valence-electron chi connectivity index (χ3n) is 6.99. The number of rotatable bonds is 13. The van der Waals surface area contributed by atoms with Crippen LogP contribution in [0.5, 0.6) is 5.75 Å². The summed E-state index contributed by atoms with van der Waals surface area (Å²) in [4.78, 5) is 54.8. The van der Waals surface area contributed by atoms with Gasteiger partial charge in [-0.3, -0.25) is 14.4 Å². The number of carboxylic acids is 1. The second-order valence-electron chi connectivity index (χ2n) is 10.9. The number of carboxylic acid groups (broad SMARTS) is 1. The summed E-state index contributed by atoms with van der Waals surface area (Å²) in [6.45, 7) is 7.05. The number of aromatic amines is 1. The average molecular weight is 566 g/mol. The Morgan fingerprint density at radius 1 is 0.805 bits per heavy atom. The van der Waals surface area contributed by atoms with E-state index in [2.05, 4.69) is 20.9 Å². The third kappa shape index (κ3) is 8.31. The van der Waals surface area contributed by atoms with Crippen LogP contribution >= 0.6 is 0 Å². The summed E-state index contributed by atoms with van der Waals surface area (Å²) in [5, 5.41) is 28.1. The van der Waals surface area contributed by atoms with Crippen molar-refractivity contribution in [1.29, 1.82) is 0 Å². The Hall–Kier alpha value is -4.38. The molecule has 0 saturated carbocycles. The number of hydrogen-bond acceptors (Lipinski definition) is 6. The molecule has 220 valence electrons. The minimum atomic E-state index is -1.27. The van der Waals surface area contributed by atoms with Crippen LogP contribution in [-0.4, -0.2) is 63.1 Å². The first kappa shape index (κ1) is 31.2. The summed E-state index contributed by atoms with van der Waals surface area (Å²) in [5.74, 6) is -3.53. The van der Waals surface area contributed by atoms with Gasteiger partial charge in [-0.2, -0.15) is 0 Å². The van der Waals surface area contributed by atoms with Crippen molar-refractivity contribution in [3.8, 4) is 5.75 Å². The van der Waals surface area contributed by atoms with Crippen molar-refractivity contribution in [2.24, 2.45) is 17.6 Å². The monoisotopic (exact) mass is 565 g/mol. The normalized spacial score (nSPS) is 14.3. The number of aromatic hydroxyl groups is 1. The maximum Gasteiger partial charge on any atom is 0.326 e. The molecule has 0 bridgehead atoms. The van der Waals surface area contributed by atoms with E-state index in [-0.39, 0.29) is 24.5 Å². The van der Waals surface area contributed by atoms with E-state index >= 15 is 0 Å². The van der Waals surface area contributed by atoms with Crippen LogP contribution in [0, 0.1) is 11.8 Å². The Kier molecular flexibility index (Phi) is 10.5. The van der Waals surface area contributed by atoms with Crippen molar-refractivity contribution in [2.75, 3.05) is 0 Å². The highest BCUT2D eigenvalue weighted by atomic mass is 16.4. The smallest absolute Gasteiger partial charge is 0.326 e. The van der Waals surface area contributed by atoms with Gasteiger partial charge in [0.25, 0.3) is 0 Å². The quantitative estimate of drug-likeness (QED) is 0.165. The molecule has 3 aromatic rings. The third-order valence-corrected chi connectivity index (χ3v) is 6.99. The number of para-hydroxylation sites is 1. The first-order valence-corrected chi connectivity index (χ1v) is 13.6. The zero-order valence-corrected chi connectivity index (χ0v) is 23.7. The number of nitrogens with one attached hydrogen (secondary N) is 4. The van der Waals surface area contributed by atoms with Crippen LogP contribution < -0.4 is 21.7 Å². The van der Waals surface area contributed by atoms with Crippen LogP contribution in [0.15, 0.2) is 54.7 Å². The minimum Gasteiger partial charge on any atom is -0.508 e. The molecule has 0 radical (unpaired) electrons. The van der Waals surface area contributed by atoms with Gasteiger partial charge in [-0.25, -0.2) is 4.79 Å². The molecule has 1 heterocycles. The van der Waals surface area contributed by atoms with Gasteiger partial charge in [0.1, 0.15) is 23.9 Å². The molecule has 1 aromatic heterocycles. The van der Waals surface area contributed by atoms with Crippen LogP contribution in [0.25, 0.3) is 10.9 Å². The molecule has 8 N–H and O–H groups in total. The molecular weight excluding hydrogens is 526 g/mol. The largest absolute Gasteiger partial charge is 0.508 e. The summed E-state index contributed by atoms with van der Waals surface area (Å²) in [7, 11) is 0. The van der Waals surface area contributed by atoms with Crippen molar-refractivity contribution >= 4 is 34.6 Å². The second kappa shape index (κ2) is 13.8. The molecule has 2 aromatic carbocycles. The second-order valence-corrected chi connectivity index (χ2v) is 10.9. The van der Waals surface area contributed by atoms with Crippen LogP contribution in [0.3, 0.4) is 0 Å². The summed E-state index contributed by atoms with van der Waals surface area (Å²) in [5.41, 5.74) is 8.31. The van der Waals surface area contributed by atoms with E-state index in [1.54, 1.807) is 46.0 Å². The molecule has 3 rings (SSSR count).